The number of aliphatic hydroxyl groups excluding tert-OH is 1. The lowest BCUT2D eigenvalue weighted by Gasteiger charge is -2.19. The monoisotopic (exact) mass is 329 g/mol. The molecule has 0 bridgehead atoms. The number of primary sulfonamides is 1. The van der Waals surface area contributed by atoms with Crippen molar-refractivity contribution in [1.29, 1.82) is 0 Å². The Morgan fingerprint density at radius 3 is 2.52 bits per heavy atom. The maximum Gasteiger partial charge on any atom is 0.239 e. The van der Waals surface area contributed by atoms with Gasteiger partial charge in [-0.15, -0.1) is 0 Å². The van der Waals surface area contributed by atoms with Gasteiger partial charge in [0.05, 0.1) is 11.6 Å². The standard InChI is InChI=1S/C15H20ClNO3S/c16-14-9-12(6-7-15(14)21(17,19)20)13(10-18)8-11-4-2-1-3-5-11/h6-9,11,18H,1-5,10H2,(H2,17,19,20). The molecule has 0 atom stereocenters. The first-order valence-electron chi connectivity index (χ1n) is 7.06. The number of rotatable bonds is 4. The molecule has 4 nitrogen and oxygen atoms in total. The molecule has 0 spiro atoms. The summed E-state index contributed by atoms with van der Waals surface area (Å²) in [5.41, 5.74) is 1.52. The van der Waals surface area contributed by atoms with Crippen molar-refractivity contribution in [3.63, 3.8) is 0 Å². The van der Waals surface area contributed by atoms with Gasteiger partial charge in [-0.25, -0.2) is 13.6 Å². The van der Waals surface area contributed by atoms with Gasteiger partial charge in [0, 0.05) is 0 Å². The summed E-state index contributed by atoms with van der Waals surface area (Å²) in [7, 11) is -3.82. The van der Waals surface area contributed by atoms with Crippen LogP contribution in [0.25, 0.3) is 5.57 Å². The number of sulfonamides is 1. The first-order chi connectivity index (χ1) is 9.91. The molecule has 1 aromatic rings. The van der Waals surface area contributed by atoms with Gasteiger partial charge >= 0.3 is 0 Å². The van der Waals surface area contributed by atoms with Crippen LogP contribution in [0.2, 0.25) is 5.02 Å². The van der Waals surface area contributed by atoms with E-state index >= 15 is 0 Å². The zero-order valence-corrected chi connectivity index (χ0v) is 13.3. The minimum atomic E-state index is -3.82. The molecule has 116 valence electrons. The molecule has 0 saturated heterocycles. The Labute approximate surface area is 130 Å². The van der Waals surface area contributed by atoms with E-state index in [1.165, 1.54) is 25.3 Å². The van der Waals surface area contributed by atoms with Crippen molar-refractivity contribution in [2.45, 2.75) is 37.0 Å². The van der Waals surface area contributed by atoms with E-state index in [4.69, 9.17) is 16.7 Å². The second-order valence-corrected chi connectivity index (χ2v) is 7.38. The number of hydrogen-bond acceptors (Lipinski definition) is 3. The van der Waals surface area contributed by atoms with Crippen molar-refractivity contribution in [3.05, 3.63) is 34.9 Å². The number of halogens is 1. The highest BCUT2D eigenvalue weighted by molar-refractivity contribution is 7.89. The molecule has 0 aromatic heterocycles. The lowest BCUT2D eigenvalue weighted by atomic mass is 9.87. The van der Waals surface area contributed by atoms with E-state index < -0.39 is 10.0 Å². The normalized spacial score (nSPS) is 18.0. The van der Waals surface area contributed by atoms with Gasteiger partial charge in [-0.1, -0.05) is 43.0 Å². The molecular weight excluding hydrogens is 310 g/mol. The molecule has 0 amide bonds. The van der Waals surface area contributed by atoms with Gasteiger partial charge in [0.15, 0.2) is 0 Å². The van der Waals surface area contributed by atoms with E-state index in [0.717, 1.165) is 24.0 Å². The van der Waals surface area contributed by atoms with Gasteiger partial charge in [-0.05, 0) is 42.0 Å². The van der Waals surface area contributed by atoms with Crippen LogP contribution in [0.3, 0.4) is 0 Å². The van der Waals surface area contributed by atoms with Gasteiger partial charge < -0.3 is 5.11 Å². The van der Waals surface area contributed by atoms with Crippen LogP contribution in [0.5, 0.6) is 0 Å². The van der Waals surface area contributed by atoms with Gasteiger partial charge in [0.25, 0.3) is 0 Å². The second-order valence-electron chi connectivity index (χ2n) is 5.44. The van der Waals surface area contributed by atoms with E-state index in [1.54, 1.807) is 12.1 Å². The molecule has 6 heteroatoms. The van der Waals surface area contributed by atoms with Gasteiger partial charge in [-0.2, -0.15) is 0 Å². The van der Waals surface area contributed by atoms with Crippen LogP contribution in [0.1, 0.15) is 37.7 Å². The van der Waals surface area contributed by atoms with E-state index in [-0.39, 0.29) is 16.5 Å². The second kappa shape index (κ2) is 6.92. The summed E-state index contributed by atoms with van der Waals surface area (Å²) in [6, 6.07) is 4.57. The van der Waals surface area contributed by atoms with Crippen molar-refractivity contribution in [2.75, 3.05) is 6.61 Å². The lowest BCUT2D eigenvalue weighted by Crippen LogP contribution is -2.13. The average Bonchev–Trinajstić information content (AvgIpc) is 2.44. The fourth-order valence-electron chi connectivity index (χ4n) is 2.76. The molecule has 0 unspecified atom stereocenters. The van der Waals surface area contributed by atoms with Crippen molar-refractivity contribution in [1.82, 2.24) is 0 Å². The number of allylic oxidation sites excluding steroid dienone is 1. The third-order valence-corrected chi connectivity index (χ3v) is 5.26. The molecule has 2 rings (SSSR count). The van der Waals surface area contributed by atoms with E-state index in [2.05, 4.69) is 6.08 Å². The molecule has 1 saturated carbocycles. The first kappa shape index (κ1) is 16.5. The van der Waals surface area contributed by atoms with Crippen LogP contribution < -0.4 is 5.14 Å². The zero-order chi connectivity index (χ0) is 15.5. The molecule has 3 N–H and O–H groups in total. The quantitative estimate of drug-likeness (QED) is 0.891. The van der Waals surface area contributed by atoms with E-state index in [0.29, 0.717) is 5.92 Å². The maximum absolute atomic E-state index is 11.4. The molecule has 1 aromatic carbocycles. The molecule has 1 fully saturated rings. The maximum atomic E-state index is 11.4. The molecule has 1 aliphatic carbocycles. The van der Waals surface area contributed by atoms with Crippen LogP contribution in [-0.2, 0) is 10.0 Å². The van der Waals surface area contributed by atoms with Gasteiger partial charge in [0.1, 0.15) is 4.90 Å². The molecule has 0 radical (unpaired) electrons. The predicted octanol–water partition coefficient (Wildman–Crippen LogP) is 2.94. The highest BCUT2D eigenvalue weighted by Crippen LogP contribution is 2.30. The van der Waals surface area contributed by atoms with Crippen molar-refractivity contribution in [3.8, 4) is 0 Å². The van der Waals surface area contributed by atoms with Crippen LogP contribution in [-0.4, -0.2) is 20.1 Å². The highest BCUT2D eigenvalue weighted by Gasteiger charge is 2.16. The Balaban J connectivity index is 2.30. The van der Waals surface area contributed by atoms with Gasteiger partial charge in [-0.3, -0.25) is 0 Å². The molecular formula is C15H20ClNO3S. The SMILES string of the molecule is NS(=O)(=O)c1ccc(C(=CC2CCCCC2)CO)cc1Cl. The average molecular weight is 330 g/mol. The topological polar surface area (TPSA) is 80.4 Å². The molecule has 1 aliphatic rings. The summed E-state index contributed by atoms with van der Waals surface area (Å²) in [4.78, 5) is -0.0946. The number of benzene rings is 1. The fourth-order valence-corrected chi connectivity index (χ4v) is 3.85. The summed E-state index contributed by atoms with van der Waals surface area (Å²) >= 11 is 5.99. The summed E-state index contributed by atoms with van der Waals surface area (Å²) in [5.74, 6) is 0.470. The molecule has 0 aliphatic heterocycles. The largest absolute Gasteiger partial charge is 0.392 e. The number of hydrogen-bond donors (Lipinski definition) is 2. The minimum Gasteiger partial charge on any atom is -0.392 e. The Kier molecular flexibility index (Phi) is 5.43. The van der Waals surface area contributed by atoms with Gasteiger partial charge in [0.2, 0.25) is 10.0 Å². The zero-order valence-electron chi connectivity index (χ0n) is 11.8. The summed E-state index contributed by atoms with van der Waals surface area (Å²) in [6.07, 6.45) is 8.05. The first-order valence-corrected chi connectivity index (χ1v) is 8.98. The third kappa shape index (κ3) is 4.30. The predicted molar refractivity (Wildman–Crippen MR) is 84.5 cm³/mol. The Bertz CT molecular complexity index is 634. The number of nitrogens with two attached hydrogens (primary N) is 1. The Morgan fingerprint density at radius 2 is 2.00 bits per heavy atom. The van der Waals surface area contributed by atoms with Crippen molar-refractivity contribution < 1.29 is 13.5 Å². The fraction of sp³-hybridized carbons (Fsp3) is 0.467. The molecule has 21 heavy (non-hydrogen) atoms. The summed E-state index contributed by atoms with van der Waals surface area (Å²) < 4.78 is 22.7. The Hall–Kier alpha value is -0.880. The van der Waals surface area contributed by atoms with Crippen LogP contribution in [0, 0.1) is 5.92 Å². The van der Waals surface area contributed by atoms with E-state index in [9.17, 15) is 13.5 Å². The highest BCUT2D eigenvalue weighted by atomic mass is 35.5. The molecule has 0 heterocycles. The van der Waals surface area contributed by atoms with E-state index in [1.807, 2.05) is 0 Å². The van der Waals surface area contributed by atoms with Crippen LogP contribution in [0.4, 0.5) is 0 Å². The van der Waals surface area contributed by atoms with Crippen LogP contribution in [0.15, 0.2) is 29.2 Å². The van der Waals surface area contributed by atoms with Crippen molar-refractivity contribution >= 4 is 27.2 Å². The lowest BCUT2D eigenvalue weighted by molar-refractivity contribution is 0.347. The third-order valence-electron chi connectivity index (χ3n) is 3.87. The smallest absolute Gasteiger partial charge is 0.239 e. The summed E-state index contributed by atoms with van der Waals surface area (Å²) in [5, 5.41) is 14.7. The summed E-state index contributed by atoms with van der Waals surface area (Å²) in [6.45, 7) is -0.0957. The number of aliphatic hydroxyl groups is 1. The minimum absolute atomic E-state index is 0.0815. The Morgan fingerprint density at radius 1 is 1.33 bits per heavy atom. The van der Waals surface area contributed by atoms with Crippen molar-refractivity contribution in [2.24, 2.45) is 11.1 Å². The van der Waals surface area contributed by atoms with Crippen LogP contribution >= 0.6 is 11.6 Å².